The van der Waals surface area contributed by atoms with Gasteiger partial charge in [-0.15, -0.1) is 0 Å². The summed E-state index contributed by atoms with van der Waals surface area (Å²) in [6.45, 7) is 5.15. The van der Waals surface area contributed by atoms with Crippen LogP contribution in [0.25, 0.3) is 0 Å². The van der Waals surface area contributed by atoms with E-state index in [4.69, 9.17) is 9.84 Å². The summed E-state index contributed by atoms with van der Waals surface area (Å²) in [5, 5.41) is 8.85. The second-order valence-corrected chi connectivity index (χ2v) is 3.43. The second-order valence-electron chi connectivity index (χ2n) is 3.43. The molecule has 0 radical (unpaired) electrons. The van der Waals surface area contributed by atoms with Crippen molar-refractivity contribution in [1.29, 1.82) is 0 Å². The van der Waals surface area contributed by atoms with Crippen molar-refractivity contribution >= 4 is 5.91 Å². The summed E-state index contributed by atoms with van der Waals surface area (Å²) in [4.78, 5) is 17.6. The number of hydrogen-bond donors (Lipinski definition) is 1. The molecule has 1 aromatic rings. The number of ether oxygens (including phenoxy) is 1. The van der Waals surface area contributed by atoms with Crippen LogP contribution in [0, 0.1) is 0 Å². The molecule has 0 aliphatic heterocycles. The Morgan fingerprint density at radius 3 is 2.71 bits per heavy atom. The molecule has 0 aliphatic carbocycles. The number of aliphatic hydroxyl groups excluding tert-OH is 1. The summed E-state index contributed by atoms with van der Waals surface area (Å²) in [6.07, 6.45) is 1.49. The van der Waals surface area contributed by atoms with Crippen molar-refractivity contribution in [3.63, 3.8) is 0 Å². The van der Waals surface area contributed by atoms with Gasteiger partial charge in [0.15, 0.2) is 0 Å². The summed E-state index contributed by atoms with van der Waals surface area (Å²) in [7, 11) is 0. The average molecular weight is 238 g/mol. The van der Waals surface area contributed by atoms with Crippen molar-refractivity contribution < 1.29 is 14.6 Å². The number of rotatable bonds is 6. The summed E-state index contributed by atoms with van der Waals surface area (Å²) in [6, 6.07) is 3.35. The Kier molecular flexibility index (Phi) is 5.42. The standard InChI is InChI=1S/C12H18N2O3/c1-3-14(7-8-15)12(16)10-5-6-11(13-9-10)17-4-2/h5-6,9,15H,3-4,7-8H2,1-2H3. The first-order valence-electron chi connectivity index (χ1n) is 5.71. The molecule has 5 nitrogen and oxygen atoms in total. The maximum absolute atomic E-state index is 12.0. The maximum Gasteiger partial charge on any atom is 0.255 e. The number of aliphatic hydroxyl groups is 1. The Bertz CT molecular complexity index is 351. The topological polar surface area (TPSA) is 62.7 Å². The highest BCUT2D eigenvalue weighted by Gasteiger charge is 2.13. The molecule has 17 heavy (non-hydrogen) atoms. The van der Waals surface area contributed by atoms with E-state index < -0.39 is 0 Å². The quantitative estimate of drug-likeness (QED) is 0.801. The highest BCUT2D eigenvalue weighted by atomic mass is 16.5. The van der Waals surface area contributed by atoms with Gasteiger partial charge in [0.1, 0.15) is 0 Å². The van der Waals surface area contributed by atoms with E-state index in [0.717, 1.165) is 0 Å². The summed E-state index contributed by atoms with van der Waals surface area (Å²) in [5.74, 6) is 0.381. The molecule has 0 spiro atoms. The average Bonchev–Trinajstić information content (AvgIpc) is 2.36. The highest BCUT2D eigenvalue weighted by molar-refractivity contribution is 5.93. The van der Waals surface area contributed by atoms with E-state index in [0.29, 0.717) is 31.1 Å². The lowest BCUT2D eigenvalue weighted by molar-refractivity contribution is 0.0731. The maximum atomic E-state index is 12.0. The molecule has 1 heterocycles. The Morgan fingerprint density at radius 1 is 1.47 bits per heavy atom. The number of hydrogen-bond acceptors (Lipinski definition) is 4. The largest absolute Gasteiger partial charge is 0.478 e. The van der Waals surface area contributed by atoms with Crippen molar-refractivity contribution in [2.45, 2.75) is 13.8 Å². The monoisotopic (exact) mass is 238 g/mol. The fraction of sp³-hybridized carbons (Fsp3) is 0.500. The number of likely N-dealkylation sites (N-methyl/N-ethyl adjacent to an activating group) is 1. The molecule has 0 aliphatic rings. The zero-order chi connectivity index (χ0) is 12.7. The lowest BCUT2D eigenvalue weighted by Gasteiger charge is -2.19. The minimum atomic E-state index is -0.128. The van der Waals surface area contributed by atoms with Crippen LogP contribution >= 0.6 is 0 Å². The SMILES string of the molecule is CCOc1ccc(C(=O)N(CC)CCO)cn1. The van der Waals surface area contributed by atoms with E-state index in [2.05, 4.69) is 4.98 Å². The lowest BCUT2D eigenvalue weighted by Crippen LogP contribution is -2.33. The lowest BCUT2D eigenvalue weighted by atomic mass is 10.2. The molecule has 0 aromatic carbocycles. The highest BCUT2D eigenvalue weighted by Crippen LogP contribution is 2.09. The van der Waals surface area contributed by atoms with Crippen LogP contribution in [0.4, 0.5) is 0 Å². The third-order valence-electron chi connectivity index (χ3n) is 2.31. The van der Waals surface area contributed by atoms with Crippen molar-refractivity contribution in [3.8, 4) is 5.88 Å². The molecule has 0 fully saturated rings. The number of carbonyl (C=O) groups is 1. The normalized spacial score (nSPS) is 10.1. The molecule has 0 atom stereocenters. The molecule has 0 unspecified atom stereocenters. The molecular weight excluding hydrogens is 220 g/mol. The molecule has 0 bridgehead atoms. The predicted octanol–water partition coefficient (Wildman–Crippen LogP) is 0.935. The first-order valence-corrected chi connectivity index (χ1v) is 5.71. The van der Waals surface area contributed by atoms with Crippen molar-refractivity contribution in [2.24, 2.45) is 0 Å². The Balaban J connectivity index is 2.74. The van der Waals surface area contributed by atoms with Crippen LogP contribution in [0.5, 0.6) is 5.88 Å². The fourth-order valence-electron chi connectivity index (χ4n) is 1.45. The molecule has 94 valence electrons. The number of nitrogens with zero attached hydrogens (tertiary/aromatic N) is 2. The zero-order valence-corrected chi connectivity index (χ0v) is 10.2. The van der Waals surface area contributed by atoms with Crippen molar-refractivity contribution in [3.05, 3.63) is 23.9 Å². The molecule has 1 N–H and O–H groups in total. The number of pyridine rings is 1. The van der Waals surface area contributed by atoms with Gasteiger partial charge in [-0.3, -0.25) is 4.79 Å². The van der Waals surface area contributed by atoms with Crippen molar-refractivity contribution in [1.82, 2.24) is 9.88 Å². The molecule has 0 saturated carbocycles. The Labute approximate surface area is 101 Å². The summed E-state index contributed by atoms with van der Waals surface area (Å²) < 4.78 is 5.20. The van der Waals surface area contributed by atoms with Crippen LogP contribution in [0.3, 0.4) is 0 Å². The van der Waals surface area contributed by atoms with E-state index in [-0.39, 0.29) is 12.5 Å². The third kappa shape index (κ3) is 3.71. The van der Waals surface area contributed by atoms with Gasteiger partial charge >= 0.3 is 0 Å². The minimum Gasteiger partial charge on any atom is -0.478 e. The molecule has 1 rings (SSSR count). The van der Waals surface area contributed by atoms with Gasteiger partial charge in [-0.05, 0) is 19.9 Å². The van der Waals surface area contributed by atoms with Crippen LogP contribution < -0.4 is 4.74 Å². The van der Waals surface area contributed by atoms with E-state index in [9.17, 15) is 4.79 Å². The minimum absolute atomic E-state index is 0.0377. The molecule has 1 aromatic heterocycles. The molecule has 1 amide bonds. The van der Waals surface area contributed by atoms with Gasteiger partial charge in [0, 0.05) is 25.4 Å². The van der Waals surface area contributed by atoms with Gasteiger partial charge in [0.2, 0.25) is 5.88 Å². The smallest absolute Gasteiger partial charge is 0.255 e. The summed E-state index contributed by atoms with van der Waals surface area (Å²) in [5.41, 5.74) is 0.503. The molecule has 0 saturated heterocycles. The van der Waals surface area contributed by atoms with Crippen molar-refractivity contribution in [2.75, 3.05) is 26.3 Å². The Morgan fingerprint density at radius 2 is 2.24 bits per heavy atom. The zero-order valence-electron chi connectivity index (χ0n) is 10.2. The Hall–Kier alpha value is -1.62. The third-order valence-corrected chi connectivity index (χ3v) is 2.31. The molecule has 5 heteroatoms. The van der Waals surface area contributed by atoms with E-state index in [1.54, 1.807) is 17.0 Å². The molecular formula is C12H18N2O3. The second kappa shape index (κ2) is 6.85. The van der Waals surface area contributed by atoms with Crippen LogP contribution in [0.15, 0.2) is 18.3 Å². The van der Waals surface area contributed by atoms with E-state index in [1.807, 2.05) is 13.8 Å². The van der Waals surface area contributed by atoms with E-state index >= 15 is 0 Å². The van der Waals surface area contributed by atoms with Crippen LogP contribution in [0.1, 0.15) is 24.2 Å². The van der Waals surface area contributed by atoms with Gasteiger partial charge < -0.3 is 14.7 Å². The van der Waals surface area contributed by atoms with Crippen LogP contribution in [-0.2, 0) is 0 Å². The predicted molar refractivity (Wildman–Crippen MR) is 64.1 cm³/mol. The van der Waals surface area contributed by atoms with Gasteiger partial charge in [0.25, 0.3) is 5.91 Å². The van der Waals surface area contributed by atoms with Gasteiger partial charge in [-0.25, -0.2) is 4.98 Å². The van der Waals surface area contributed by atoms with E-state index in [1.165, 1.54) is 6.20 Å². The number of aromatic nitrogens is 1. The number of amides is 1. The fourth-order valence-corrected chi connectivity index (χ4v) is 1.45. The van der Waals surface area contributed by atoms with Crippen LogP contribution in [-0.4, -0.2) is 47.2 Å². The van der Waals surface area contributed by atoms with Gasteiger partial charge in [-0.2, -0.15) is 0 Å². The summed E-state index contributed by atoms with van der Waals surface area (Å²) >= 11 is 0. The van der Waals surface area contributed by atoms with Gasteiger partial charge in [0.05, 0.1) is 18.8 Å². The first-order chi connectivity index (χ1) is 8.22. The van der Waals surface area contributed by atoms with Gasteiger partial charge in [-0.1, -0.05) is 0 Å². The van der Waals surface area contributed by atoms with Crippen LogP contribution in [0.2, 0.25) is 0 Å². The first kappa shape index (κ1) is 13.4. The number of carbonyl (C=O) groups excluding carboxylic acids is 1.